The van der Waals surface area contributed by atoms with E-state index < -0.39 is 0 Å². The molecule has 25 heavy (non-hydrogen) atoms. The Balaban J connectivity index is 1.84. The van der Waals surface area contributed by atoms with Gasteiger partial charge in [-0.1, -0.05) is 44.2 Å². The lowest BCUT2D eigenvalue weighted by Gasteiger charge is -2.18. The number of hydrogen-bond donors (Lipinski definition) is 1. The molecule has 0 bridgehead atoms. The minimum atomic E-state index is -0.334. The average molecular weight is 340 g/mol. The van der Waals surface area contributed by atoms with Crippen molar-refractivity contribution in [2.45, 2.75) is 32.7 Å². The molecule has 2 aromatic rings. The summed E-state index contributed by atoms with van der Waals surface area (Å²) in [5.74, 6) is -0.476. The summed E-state index contributed by atoms with van der Waals surface area (Å²) in [5.41, 5.74) is 8.06. The van der Waals surface area contributed by atoms with Crippen molar-refractivity contribution in [2.75, 3.05) is 13.1 Å². The zero-order chi connectivity index (χ0) is 18.0. The van der Waals surface area contributed by atoms with E-state index in [1.54, 1.807) is 11.1 Å². The summed E-state index contributed by atoms with van der Waals surface area (Å²) >= 11 is 0. The maximum atomic E-state index is 12.9. The van der Waals surface area contributed by atoms with Gasteiger partial charge in [-0.3, -0.25) is 14.3 Å². The van der Waals surface area contributed by atoms with Crippen LogP contribution in [-0.2, 0) is 11.3 Å². The van der Waals surface area contributed by atoms with Gasteiger partial charge in [0.15, 0.2) is 0 Å². The van der Waals surface area contributed by atoms with Crippen molar-refractivity contribution >= 4 is 11.8 Å². The molecule has 6 nitrogen and oxygen atoms in total. The zero-order valence-corrected chi connectivity index (χ0v) is 14.7. The number of benzene rings is 1. The van der Waals surface area contributed by atoms with Crippen molar-refractivity contribution in [3.8, 4) is 0 Å². The fraction of sp³-hybridized carbons (Fsp3) is 0.421. The minimum absolute atomic E-state index is 0.0632. The maximum absolute atomic E-state index is 12.9. The highest BCUT2D eigenvalue weighted by molar-refractivity contribution is 5.96. The van der Waals surface area contributed by atoms with Crippen LogP contribution in [0.25, 0.3) is 0 Å². The predicted molar refractivity (Wildman–Crippen MR) is 95.1 cm³/mol. The normalized spacial score (nSPS) is 17.2. The second-order valence-corrected chi connectivity index (χ2v) is 6.88. The van der Waals surface area contributed by atoms with E-state index in [4.69, 9.17) is 5.73 Å². The minimum Gasteiger partial charge on any atom is -0.369 e. The number of carbonyl (C=O) groups excluding carboxylic acids is 2. The summed E-state index contributed by atoms with van der Waals surface area (Å²) in [4.78, 5) is 26.0. The Kier molecular flexibility index (Phi) is 4.88. The van der Waals surface area contributed by atoms with Gasteiger partial charge in [0.2, 0.25) is 5.91 Å². The second-order valence-electron chi connectivity index (χ2n) is 6.88. The van der Waals surface area contributed by atoms with Crippen LogP contribution in [0.4, 0.5) is 0 Å². The molecule has 2 heterocycles. The average Bonchev–Trinajstić information content (AvgIpc) is 3.22. The molecule has 2 amide bonds. The molecule has 2 N–H and O–H groups in total. The number of amides is 2. The summed E-state index contributed by atoms with van der Waals surface area (Å²) in [6.07, 6.45) is 2.29. The number of hydrogen-bond acceptors (Lipinski definition) is 3. The van der Waals surface area contributed by atoms with Crippen molar-refractivity contribution < 1.29 is 9.59 Å². The number of rotatable bonds is 5. The van der Waals surface area contributed by atoms with Crippen LogP contribution in [0.15, 0.2) is 36.5 Å². The molecule has 1 aromatic heterocycles. The Hall–Kier alpha value is -2.63. The smallest absolute Gasteiger partial charge is 0.257 e. The molecule has 1 fully saturated rings. The first-order valence-corrected chi connectivity index (χ1v) is 8.65. The molecule has 0 spiro atoms. The van der Waals surface area contributed by atoms with Gasteiger partial charge >= 0.3 is 0 Å². The Morgan fingerprint density at radius 1 is 1.28 bits per heavy atom. The number of carbonyl (C=O) groups is 2. The molecule has 1 unspecified atom stereocenters. The lowest BCUT2D eigenvalue weighted by molar-refractivity contribution is -0.121. The second kappa shape index (κ2) is 7.09. The Labute approximate surface area is 147 Å². The number of primary amides is 1. The maximum Gasteiger partial charge on any atom is 0.257 e. The molecule has 1 aliphatic rings. The summed E-state index contributed by atoms with van der Waals surface area (Å²) < 4.78 is 1.90. The zero-order valence-electron chi connectivity index (χ0n) is 14.7. The van der Waals surface area contributed by atoms with E-state index >= 15 is 0 Å². The third kappa shape index (κ3) is 3.57. The molecule has 0 saturated carbocycles. The fourth-order valence-electron chi connectivity index (χ4n) is 3.40. The van der Waals surface area contributed by atoms with E-state index in [2.05, 4.69) is 18.9 Å². The number of nitrogens with two attached hydrogens (primary N) is 1. The van der Waals surface area contributed by atoms with Gasteiger partial charge < -0.3 is 10.6 Å². The van der Waals surface area contributed by atoms with E-state index in [9.17, 15) is 9.59 Å². The SMILES string of the molecule is CC(C)c1c(C(=O)N2CCC(C(N)=O)C2)cnn1Cc1ccccc1. The Bertz CT molecular complexity index is 767. The van der Waals surface area contributed by atoms with Crippen LogP contribution in [0.1, 0.15) is 47.8 Å². The molecular weight excluding hydrogens is 316 g/mol. The van der Waals surface area contributed by atoms with Crippen molar-refractivity contribution in [3.63, 3.8) is 0 Å². The molecule has 1 aromatic carbocycles. The highest BCUT2D eigenvalue weighted by Crippen LogP contribution is 2.25. The van der Waals surface area contributed by atoms with E-state index in [1.165, 1.54) is 0 Å². The van der Waals surface area contributed by atoms with Crippen LogP contribution in [0.2, 0.25) is 0 Å². The number of likely N-dealkylation sites (tertiary alicyclic amines) is 1. The first-order chi connectivity index (χ1) is 12.0. The van der Waals surface area contributed by atoms with Gasteiger partial charge in [0.25, 0.3) is 5.91 Å². The van der Waals surface area contributed by atoms with Crippen LogP contribution < -0.4 is 5.73 Å². The Morgan fingerprint density at radius 3 is 2.60 bits per heavy atom. The fourth-order valence-corrected chi connectivity index (χ4v) is 3.40. The van der Waals surface area contributed by atoms with Crippen LogP contribution in [0.5, 0.6) is 0 Å². The number of aromatic nitrogens is 2. The summed E-state index contributed by atoms with van der Waals surface area (Å²) in [7, 11) is 0. The van der Waals surface area contributed by atoms with Crippen molar-refractivity contribution in [1.29, 1.82) is 0 Å². The lowest BCUT2D eigenvalue weighted by Crippen LogP contribution is -2.32. The molecule has 3 rings (SSSR count). The Morgan fingerprint density at radius 2 is 2.00 bits per heavy atom. The monoisotopic (exact) mass is 340 g/mol. The third-order valence-corrected chi connectivity index (χ3v) is 4.71. The standard InChI is InChI=1S/C19H24N4O2/c1-13(2)17-16(19(25)22-9-8-15(12-22)18(20)24)10-21-23(17)11-14-6-4-3-5-7-14/h3-7,10,13,15H,8-9,11-12H2,1-2H3,(H2,20,24). The van der Waals surface area contributed by atoms with E-state index in [-0.39, 0.29) is 23.7 Å². The molecule has 132 valence electrons. The van der Waals surface area contributed by atoms with Crippen LogP contribution in [-0.4, -0.2) is 39.6 Å². The highest BCUT2D eigenvalue weighted by atomic mass is 16.2. The first kappa shape index (κ1) is 17.2. The number of nitrogens with zero attached hydrogens (tertiary/aromatic N) is 3. The molecular formula is C19H24N4O2. The quantitative estimate of drug-likeness (QED) is 0.904. The van der Waals surface area contributed by atoms with Crippen molar-refractivity contribution in [2.24, 2.45) is 11.7 Å². The first-order valence-electron chi connectivity index (χ1n) is 8.65. The molecule has 0 aliphatic carbocycles. The largest absolute Gasteiger partial charge is 0.369 e. The van der Waals surface area contributed by atoms with Crippen LogP contribution in [0, 0.1) is 5.92 Å². The lowest BCUT2D eigenvalue weighted by atomic mass is 10.0. The van der Waals surface area contributed by atoms with Gasteiger partial charge in [-0.25, -0.2) is 0 Å². The molecule has 0 radical (unpaired) electrons. The molecule has 6 heteroatoms. The van der Waals surface area contributed by atoms with Gasteiger partial charge in [0, 0.05) is 13.1 Å². The van der Waals surface area contributed by atoms with Crippen molar-refractivity contribution in [1.82, 2.24) is 14.7 Å². The predicted octanol–water partition coefficient (Wildman–Crippen LogP) is 2.00. The summed E-state index contributed by atoms with van der Waals surface area (Å²) in [6, 6.07) is 10.1. The van der Waals surface area contributed by atoms with Gasteiger partial charge in [0.1, 0.15) is 0 Å². The van der Waals surface area contributed by atoms with Gasteiger partial charge in [-0.15, -0.1) is 0 Å². The molecule has 1 saturated heterocycles. The van der Waals surface area contributed by atoms with E-state index in [0.29, 0.717) is 31.6 Å². The van der Waals surface area contributed by atoms with Crippen LogP contribution in [0.3, 0.4) is 0 Å². The van der Waals surface area contributed by atoms with Gasteiger partial charge in [0.05, 0.1) is 29.9 Å². The third-order valence-electron chi connectivity index (χ3n) is 4.71. The topological polar surface area (TPSA) is 81.2 Å². The molecule has 1 atom stereocenters. The van der Waals surface area contributed by atoms with E-state index in [1.807, 2.05) is 35.0 Å². The van der Waals surface area contributed by atoms with Gasteiger partial charge in [-0.2, -0.15) is 5.10 Å². The van der Waals surface area contributed by atoms with Gasteiger partial charge in [-0.05, 0) is 17.9 Å². The summed E-state index contributed by atoms with van der Waals surface area (Å²) in [5, 5.41) is 4.46. The molecule has 1 aliphatic heterocycles. The van der Waals surface area contributed by atoms with E-state index in [0.717, 1.165) is 11.3 Å². The van der Waals surface area contributed by atoms with Crippen LogP contribution >= 0.6 is 0 Å². The van der Waals surface area contributed by atoms with Crippen molar-refractivity contribution in [3.05, 3.63) is 53.3 Å². The highest BCUT2D eigenvalue weighted by Gasteiger charge is 2.32. The summed E-state index contributed by atoms with van der Waals surface area (Å²) in [6.45, 7) is 5.71.